The van der Waals surface area contributed by atoms with Crippen LogP contribution in [-0.2, 0) is 9.47 Å². The quantitative estimate of drug-likeness (QED) is 0.298. The van der Waals surface area contributed by atoms with E-state index >= 15 is 0 Å². The number of halogens is 14. The van der Waals surface area contributed by atoms with Gasteiger partial charge in [-0.25, -0.2) is 4.39 Å². The predicted molar refractivity (Wildman–Crippen MR) is 76.3 cm³/mol. The number of ether oxygens (including phenoxy) is 2. The largest absolute Gasteiger partial charge is 0.422 e. The molecule has 0 bridgehead atoms. The average molecular weight is 506 g/mol. The summed E-state index contributed by atoms with van der Waals surface area (Å²) < 4.78 is 71.2. The lowest BCUT2D eigenvalue weighted by atomic mass is 10.7. The van der Waals surface area contributed by atoms with Crippen molar-refractivity contribution < 1.29 is 35.8 Å². The van der Waals surface area contributed by atoms with E-state index in [0.29, 0.717) is 7.11 Å². The summed E-state index contributed by atoms with van der Waals surface area (Å²) in [6.45, 7) is 0. The molecule has 0 saturated heterocycles. The molecule has 138 valence electrons. The van der Waals surface area contributed by atoms with Crippen LogP contribution < -0.4 is 0 Å². The van der Waals surface area contributed by atoms with Gasteiger partial charge >= 0.3 is 20.8 Å². The van der Waals surface area contributed by atoms with E-state index in [2.05, 4.69) is 66.0 Å². The van der Waals surface area contributed by atoms with E-state index in [-0.39, 0.29) is 0 Å². The van der Waals surface area contributed by atoms with Gasteiger partial charge in [0.2, 0.25) is 0 Å². The van der Waals surface area contributed by atoms with E-state index in [1.165, 1.54) is 0 Å². The molecular weight excluding hydrogens is 502 g/mol. The van der Waals surface area contributed by atoms with Gasteiger partial charge in [-0.3, -0.25) is 4.74 Å². The number of hydrogen-bond donors (Lipinski definition) is 0. The first kappa shape index (κ1) is 28.6. The summed E-state index contributed by atoms with van der Waals surface area (Å²) in [7, 11) is 8.90. The molecule has 1 atom stereocenters. The Bertz CT molecular complexity index is 294. The van der Waals surface area contributed by atoms with E-state index in [9.17, 15) is 26.3 Å². The van der Waals surface area contributed by atoms with Crippen LogP contribution in [0.25, 0.3) is 0 Å². The van der Waals surface area contributed by atoms with Crippen molar-refractivity contribution >= 4 is 91.3 Å². The molecule has 0 aromatic heterocycles. The van der Waals surface area contributed by atoms with Crippen LogP contribution in [0.4, 0.5) is 26.3 Å². The molecule has 0 radical (unpaired) electrons. The van der Waals surface area contributed by atoms with Crippen LogP contribution in [0.15, 0.2) is 0 Å². The third-order valence-corrected chi connectivity index (χ3v) is 2.03. The summed E-state index contributed by atoms with van der Waals surface area (Å²) in [4.78, 5) is 0. The van der Waals surface area contributed by atoms with Crippen LogP contribution in [0.1, 0.15) is 0 Å². The molecular formula is C6H4Cl8F6O2. The van der Waals surface area contributed by atoms with Crippen molar-refractivity contribution in [2.24, 2.45) is 0 Å². The minimum Gasteiger partial charge on any atom is -0.321 e. The van der Waals surface area contributed by atoms with Gasteiger partial charge in [0.25, 0.3) is 5.63 Å². The van der Waals surface area contributed by atoms with Crippen LogP contribution in [0, 0.1) is 0 Å². The SMILES string of the molecule is COC(F)(F)C(F)Cl.ClCl.FC(Cl)(Cl)C(F)(F)OC(Cl)(Cl)Cl. The standard InChI is InChI=1S/C3Cl5F3O.C3H4ClF3O.Cl2/c4-1(5,9)2(10,11)12-3(6,7)8;1-8-3(6,7)2(4)5;1-2/h;2H,1H3;. The Morgan fingerprint density at radius 2 is 1.18 bits per heavy atom. The second kappa shape index (κ2) is 11.4. The first-order valence-electron chi connectivity index (χ1n) is 4.03. The van der Waals surface area contributed by atoms with Gasteiger partial charge in [0.1, 0.15) is 0 Å². The molecule has 0 aromatic carbocycles. The zero-order chi connectivity index (χ0) is 19.0. The summed E-state index contributed by atoms with van der Waals surface area (Å²) in [5.41, 5.74) is -2.77. The lowest BCUT2D eigenvalue weighted by molar-refractivity contribution is -0.271. The Morgan fingerprint density at radius 1 is 0.864 bits per heavy atom. The molecule has 0 spiro atoms. The fraction of sp³-hybridized carbons (Fsp3) is 1.00. The van der Waals surface area contributed by atoms with Crippen LogP contribution >= 0.6 is 91.3 Å². The van der Waals surface area contributed by atoms with Crippen molar-refractivity contribution in [3.05, 3.63) is 0 Å². The lowest BCUT2D eigenvalue weighted by Crippen LogP contribution is -2.40. The molecule has 0 N–H and O–H groups in total. The molecule has 0 aliphatic rings. The monoisotopic (exact) mass is 502 g/mol. The highest BCUT2D eigenvalue weighted by Crippen LogP contribution is 2.45. The average Bonchev–Trinajstić information content (AvgIpc) is 2.27. The van der Waals surface area contributed by atoms with Crippen molar-refractivity contribution in [2.75, 3.05) is 7.11 Å². The zero-order valence-electron chi connectivity index (χ0n) is 9.69. The molecule has 0 rings (SSSR count). The van der Waals surface area contributed by atoms with Gasteiger partial charge in [-0.2, -0.15) is 22.0 Å². The number of rotatable bonds is 4. The Hall–Kier alpha value is 1.82. The van der Waals surface area contributed by atoms with Gasteiger partial charge in [0, 0.05) is 28.8 Å². The van der Waals surface area contributed by atoms with Gasteiger partial charge < -0.3 is 4.74 Å². The maximum absolute atomic E-state index is 12.3. The summed E-state index contributed by atoms with van der Waals surface area (Å²) in [5, 5.41) is 0. The van der Waals surface area contributed by atoms with E-state index in [1.54, 1.807) is 0 Å². The fourth-order valence-corrected chi connectivity index (χ4v) is 0.749. The molecule has 22 heavy (non-hydrogen) atoms. The zero-order valence-corrected chi connectivity index (χ0v) is 15.7. The molecule has 16 heteroatoms. The fourth-order valence-electron chi connectivity index (χ4n) is 0.292. The first-order chi connectivity index (χ1) is 9.46. The minimum absolute atomic E-state index is 0.676. The van der Waals surface area contributed by atoms with Crippen molar-refractivity contribution in [3.63, 3.8) is 0 Å². The van der Waals surface area contributed by atoms with Gasteiger partial charge in [0.05, 0.1) is 0 Å². The Morgan fingerprint density at radius 3 is 1.23 bits per heavy atom. The van der Waals surface area contributed by atoms with E-state index in [1.807, 2.05) is 0 Å². The summed E-state index contributed by atoms with van der Waals surface area (Å²) in [6, 6.07) is 0. The molecule has 0 aliphatic carbocycles. The molecule has 2 nitrogen and oxygen atoms in total. The van der Waals surface area contributed by atoms with Crippen LogP contribution in [0.3, 0.4) is 0 Å². The van der Waals surface area contributed by atoms with Crippen molar-refractivity contribution in [1.82, 2.24) is 0 Å². The molecule has 0 amide bonds. The van der Waals surface area contributed by atoms with Gasteiger partial charge in [-0.05, 0) is 0 Å². The van der Waals surface area contributed by atoms with Gasteiger partial charge in [0.15, 0.2) is 0 Å². The number of alkyl halides is 12. The number of hydrogen-bond acceptors (Lipinski definition) is 2. The van der Waals surface area contributed by atoms with Gasteiger partial charge in [-0.1, -0.05) is 69.6 Å². The van der Waals surface area contributed by atoms with E-state index in [4.69, 9.17) is 34.8 Å². The second-order valence-corrected chi connectivity index (χ2v) is 6.42. The Balaban J connectivity index is -0.000000313. The summed E-state index contributed by atoms with van der Waals surface area (Å²) in [6.07, 6.45) is -8.47. The second-order valence-electron chi connectivity index (χ2n) is 2.63. The van der Waals surface area contributed by atoms with Crippen molar-refractivity contribution in [1.29, 1.82) is 0 Å². The third-order valence-electron chi connectivity index (χ3n) is 1.10. The third kappa shape index (κ3) is 14.2. The molecule has 0 aliphatic heterocycles. The first-order valence-corrected chi connectivity index (χ1v) is 7.50. The molecule has 0 saturated carbocycles. The van der Waals surface area contributed by atoms with Gasteiger partial charge in [-0.15, -0.1) is 0 Å². The smallest absolute Gasteiger partial charge is 0.321 e. The number of methoxy groups -OCH3 is 1. The van der Waals surface area contributed by atoms with Crippen LogP contribution in [-0.4, -0.2) is 33.5 Å². The lowest BCUT2D eigenvalue weighted by Gasteiger charge is -2.25. The minimum atomic E-state index is -4.61. The molecule has 1 unspecified atom stereocenters. The van der Waals surface area contributed by atoms with Crippen molar-refractivity contribution in [2.45, 2.75) is 26.4 Å². The van der Waals surface area contributed by atoms with E-state index in [0.717, 1.165) is 0 Å². The van der Waals surface area contributed by atoms with Crippen LogP contribution in [0.2, 0.25) is 0 Å². The summed E-state index contributed by atoms with van der Waals surface area (Å²) >= 11 is 27.4. The highest BCUT2D eigenvalue weighted by Gasteiger charge is 2.58. The summed E-state index contributed by atoms with van der Waals surface area (Å²) in [5.74, 6) is 0. The van der Waals surface area contributed by atoms with E-state index < -0.39 is 26.4 Å². The molecule has 0 heterocycles. The Labute approximate surface area is 160 Å². The highest BCUT2D eigenvalue weighted by molar-refractivity contribution is 6.85. The maximum Gasteiger partial charge on any atom is 0.422 e. The van der Waals surface area contributed by atoms with Crippen LogP contribution in [0.5, 0.6) is 0 Å². The predicted octanol–water partition coefficient (Wildman–Crippen LogP) is 7.16. The Kier molecular flexibility index (Phi) is 14.9. The topological polar surface area (TPSA) is 18.5 Å². The van der Waals surface area contributed by atoms with Crippen molar-refractivity contribution in [3.8, 4) is 0 Å². The normalized spacial score (nSPS) is 14.3. The highest BCUT2D eigenvalue weighted by atomic mass is 36.5. The molecule has 0 fully saturated rings. The maximum atomic E-state index is 12.3. The molecule has 0 aromatic rings.